The van der Waals surface area contributed by atoms with Crippen LogP contribution in [0.15, 0.2) is 48.5 Å². The van der Waals surface area contributed by atoms with Crippen molar-refractivity contribution in [1.29, 1.82) is 0 Å². The number of carbonyl (C=O) groups is 3. The van der Waals surface area contributed by atoms with Gasteiger partial charge in [-0.2, -0.15) is 0 Å². The molecule has 2 fully saturated rings. The fraction of sp³-hybridized carbons (Fsp3) is 0.464. The molecule has 2 saturated heterocycles. The van der Waals surface area contributed by atoms with Crippen molar-refractivity contribution in [2.75, 3.05) is 34.4 Å². The predicted octanol–water partition coefficient (Wildman–Crippen LogP) is 2.69. The van der Waals surface area contributed by atoms with Crippen molar-refractivity contribution < 1.29 is 23.9 Å². The van der Waals surface area contributed by atoms with Crippen LogP contribution in [0.3, 0.4) is 0 Å². The maximum absolute atomic E-state index is 13.7. The lowest BCUT2D eigenvalue weighted by Gasteiger charge is -2.54. The maximum Gasteiger partial charge on any atom is 0.334 e. The molecule has 2 heterocycles. The number of carbonyl (C=O) groups excluding carboxylic acids is 3. The van der Waals surface area contributed by atoms with Crippen LogP contribution in [0, 0.1) is 5.92 Å². The normalized spacial score (nSPS) is 20.0. The van der Waals surface area contributed by atoms with E-state index in [0.717, 1.165) is 22.6 Å². The van der Waals surface area contributed by atoms with Crippen LogP contribution in [0.1, 0.15) is 31.4 Å². The van der Waals surface area contributed by atoms with Crippen LogP contribution in [0.4, 0.5) is 4.79 Å². The zero-order valence-corrected chi connectivity index (χ0v) is 22.7. The first kappa shape index (κ1) is 27.3. The molecule has 204 valence electrons. The van der Waals surface area contributed by atoms with Gasteiger partial charge < -0.3 is 24.6 Å². The number of nitrogens with zero attached hydrogens (tertiary/aromatic N) is 4. The number of rotatable bonds is 8. The van der Waals surface area contributed by atoms with E-state index in [-0.39, 0.29) is 36.9 Å². The number of hydrazine groups is 1. The van der Waals surface area contributed by atoms with Crippen molar-refractivity contribution in [2.24, 2.45) is 5.92 Å². The fourth-order valence-electron chi connectivity index (χ4n) is 5.08. The Bertz CT molecular complexity index is 1140. The number of piperazine rings is 1. The van der Waals surface area contributed by atoms with Gasteiger partial charge in [0.2, 0.25) is 11.8 Å². The Morgan fingerprint density at radius 1 is 0.974 bits per heavy atom. The zero-order chi connectivity index (χ0) is 27.4. The highest BCUT2D eigenvalue weighted by Gasteiger charge is 2.50. The summed E-state index contributed by atoms with van der Waals surface area (Å²) in [6.07, 6.45) is -0.0950. The van der Waals surface area contributed by atoms with E-state index >= 15 is 0 Å². The Morgan fingerprint density at radius 2 is 1.55 bits per heavy atom. The Kier molecular flexibility index (Phi) is 8.41. The van der Waals surface area contributed by atoms with Crippen molar-refractivity contribution in [2.45, 2.75) is 45.6 Å². The summed E-state index contributed by atoms with van der Waals surface area (Å²) in [5, 5.41) is 6.19. The predicted molar refractivity (Wildman–Crippen MR) is 142 cm³/mol. The number of methoxy groups -OCH3 is 2. The van der Waals surface area contributed by atoms with Crippen LogP contribution < -0.4 is 14.8 Å². The number of urea groups is 1. The molecule has 4 rings (SSSR count). The molecule has 0 saturated carbocycles. The third-order valence-corrected chi connectivity index (χ3v) is 6.98. The molecule has 2 atom stereocenters. The van der Waals surface area contributed by atoms with E-state index in [2.05, 4.69) is 5.32 Å². The highest BCUT2D eigenvalue weighted by molar-refractivity contribution is 5.91. The molecular formula is C28H37N5O5. The Hall–Kier alpha value is -3.79. The lowest BCUT2D eigenvalue weighted by Crippen LogP contribution is -2.75. The summed E-state index contributed by atoms with van der Waals surface area (Å²) in [5.74, 6) is 1.42. The molecular weight excluding hydrogens is 486 g/mol. The van der Waals surface area contributed by atoms with Gasteiger partial charge in [0, 0.05) is 20.1 Å². The van der Waals surface area contributed by atoms with Gasteiger partial charge in [0.25, 0.3) is 0 Å². The van der Waals surface area contributed by atoms with Crippen LogP contribution in [0.2, 0.25) is 0 Å². The average Bonchev–Trinajstić information content (AvgIpc) is 2.90. The molecule has 0 radical (unpaired) electrons. The van der Waals surface area contributed by atoms with Gasteiger partial charge in [0.1, 0.15) is 23.7 Å². The Morgan fingerprint density at radius 3 is 2.11 bits per heavy atom. The average molecular weight is 524 g/mol. The van der Waals surface area contributed by atoms with Gasteiger partial charge in [-0.1, -0.05) is 38.1 Å². The first-order chi connectivity index (χ1) is 18.2. The van der Waals surface area contributed by atoms with E-state index in [1.807, 2.05) is 62.4 Å². The lowest BCUT2D eigenvalue weighted by molar-refractivity contribution is -0.188. The number of benzene rings is 2. The van der Waals surface area contributed by atoms with Crippen molar-refractivity contribution in [3.8, 4) is 11.5 Å². The van der Waals surface area contributed by atoms with Crippen LogP contribution in [0.25, 0.3) is 0 Å². The number of likely N-dealkylation sites (N-methyl/N-ethyl adjacent to an activating group) is 1. The lowest BCUT2D eigenvalue weighted by atomic mass is 9.96. The molecule has 2 aromatic carbocycles. The highest BCUT2D eigenvalue weighted by Crippen LogP contribution is 2.30. The largest absolute Gasteiger partial charge is 0.497 e. The van der Waals surface area contributed by atoms with Gasteiger partial charge in [-0.05, 0) is 47.7 Å². The van der Waals surface area contributed by atoms with Crippen molar-refractivity contribution in [1.82, 2.24) is 25.1 Å². The van der Waals surface area contributed by atoms with Gasteiger partial charge in [-0.15, -0.1) is 0 Å². The summed E-state index contributed by atoms with van der Waals surface area (Å²) in [4.78, 5) is 43.8. The summed E-state index contributed by atoms with van der Waals surface area (Å²) in [6, 6.07) is 14.1. The zero-order valence-electron chi connectivity index (χ0n) is 22.7. The second-order valence-electron chi connectivity index (χ2n) is 10.2. The molecule has 10 nitrogen and oxygen atoms in total. The number of nitrogens with one attached hydrogen (secondary N) is 1. The molecule has 10 heteroatoms. The summed E-state index contributed by atoms with van der Waals surface area (Å²) in [6.45, 7) is 4.99. The standard InChI is InChI=1S/C28H37N5O5/c1-19(2)14-24-27(35)31(16-21-8-12-23(38-5)13-9-21)17-25-32(24)26(34)18-30(3)33(25)28(36)29-15-20-6-10-22(37-4)11-7-20/h6-13,19,24-25H,14-18H2,1-5H3,(H,29,36)/t24-,25-/m0/s1. The molecule has 38 heavy (non-hydrogen) atoms. The van der Waals surface area contributed by atoms with Gasteiger partial charge in [-0.3, -0.25) is 9.59 Å². The van der Waals surface area contributed by atoms with Crippen LogP contribution >= 0.6 is 0 Å². The van der Waals surface area contributed by atoms with Crippen LogP contribution in [0.5, 0.6) is 11.5 Å². The number of hydrogen-bond donors (Lipinski definition) is 1. The number of hydrogen-bond acceptors (Lipinski definition) is 6. The van der Waals surface area contributed by atoms with E-state index in [1.54, 1.807) is 41.1 Å². The second-order valence-corrected chi connectivity index (χ2v) is 10.2. The summed E-state index contributed by atoms with van der Waals surface area (Å²) >= 11 is 0. The maximum atomic E-state index is 13.7. The SMILES string of the molecule is COc1ccc(CNC(=O)N2[C@H]3CN(Cc4ccc(OC)cc4)C(=O)[C@H](CC(C)C)N3C(=O)CN2C)cc1. The molecule has 2 aliphatic heterocycles. The third-order valence-electron chi connectivity index (χ3n) is 6.98. The summed E-state index contributed by atoms with van der Waals surface area (Å²) in [7, 11) is 4.94. The smallest absolute Gasteiger partial charge is 0.334 e. The molecule has 0 spiro atoms. The number of amides is 4. The van der Waals surface area contributed by atoms with Gasteiger partial charge in [0.15, 0.2) is 0 Å². The first-order valence-corrected chi connectivity index (χ1v) is 12.9. The quantitative estimate of drug-likeness (QED) is 0.572. The molecule has 0 bridgehead atoms. The van der Waals surface area contributed by atoms with Crippen molar-refractivity contribution >= 4 is 17.8 Å². The molecule has 0 aliphatic carbocycles. The molecule has 0 unspecified atom stereocenters. The van der Waals surface area contributed by atoms with Gasteiger partial charge in [0.05, 0.1) is 27.3 Å². The van der Waals surface area contributed by atoms with Gasteiger partial charge in [-0.25, -0.2) is 14.8 Å². The minimum atomic E-state index is -0.634. The third kappa shape index (κ3) is 5.85. The van der Waals surface area contributed by atoms with Crippen LogP contribution in [-0.4, -0.2) is 84.2 Å². The molecule has 0 aromatic heterocycles. The summed E-state index contributed by atoms with van der Waals surface area (Å²) < 4.78 is 10.5. The number of fused-ring (bicyclic) bond motifs is 1. The van der Waals surface area contributed by atoms with Crippen molar-refractivity contribution in [3.05, 3.63) is 59.7 Å². The first-order valence-electron chi connectivity index (χ1n) is 12.9. The molecule has 1 N–H and O–H groups in total. The van der Waals surface area contributed by atoms with Crippen LogP contribution in [-0.2, 0) is 22.7 Å². The molecule has 2 aliphatic rings. The summed E-state index contributed by atoms with van der Waals surface area (Å²) in [5.41, 5.74) is 1.87. The van der Waals surface area contributed by atoms with Crippen molar-refractivity contribution in [3.63, 3.8) is 0 Å². The van der Waals surface area contributed by atoms with E-state index in [0.29, 0.717) is 19.5 Å². The minimum absolute atomic E-state index is 0.0206. The highest BCUT2D eigenvalue weighted by atomic mass is 16.5. The monoisotopic (exact) mass is 523 g/mol. The Balaban J connectivity index is 1.58. The molecule has 4 amide bonds. The number of ether oxygens (including phenoxy) is 2. The Labute approximate surface area is 224 Å². The van der Waals surface area contributed by atoms with E-state index in [9.17, 15) is 14.4 Å². The fourth-order valence-corrected chi connectivity index (χ4v) is 5.08. The van der Waals surface area contributed by atoms with E-state index < -0.39 is 12.2 Å². The minimum Gasteiger partial charge on any atom is -0.497 e. The second kappa shape index (κ2) is 11.7. The van der Waals surface area contributed by atoms with Gasteiger partial charge >= 0.3 is 6.03 Å². The van der Waals surface area contributed by atoms with E-state index in [4.69, 9.17) is 9.47 Å². The topological polar surface area (TPSA) is 94.7 Å². The van der Waals surface area contributed by atoms with E-state index in [1.165, 1.54) is 0 Å². The molecule has 2 aromatic rings.